The number of hydrogen-bond acceptors (Lipinski definition) is 5. The zero-order valence-corrected chi connectivity index (χ0v) is 11.6. The molecule has 0 heterocycles. The SMILES string of the molecule is CCOCCOCCOc1ccc(OS(=O)O)cc1. The maximum absolute atomic E-state index is 10.4. The lowest BCUT2D eigenvalue weighted by atomic mass is 10.3. The number of hydrogen-bond donors (Lipinski definition) is 1. The third kappa shape index (κ3) is 7.78. The minimum absolute atomic E-state index is 0.307. The highest BCUT2D eigenvalue weighted by Gasteiger charge is 1.99. The van der Waals surface area contributed by atoms with Crippen molar-refractivity contribution in [2.75, 3.05) is 33.0 Å². The Labute approximate surface area is 115 Å². The topological polar surface area (TPSA) is 74.2 Å². The highest BCUT2D eigenvalue weighted by molar-refractivity contribution is 7.74. The van der Waals surface area contributed by atoms with Crippen LogP contribution in [0.4, 0.5) is 0 Å². The molecule has 0 fully saturated rings. The Kier molecular flexibility index (Phi) is 8.15. The molecule has 0 aromatic heterocycles. The van der Waals surface area contributed by atoms with Crippen molar-refractivity contribution in [3.8, 4) is 11.5 Å². The van der Waals surface area contributed by atoms with Crippen LogP contribution in [0, 0.1) is 0 Å². The van der Waals surface area contributed by atoms with Crippen LogP contribution in [0.25, 0.3) is 0 Å². The first-order chi connectivity index (χ1) is 9.22. The first kappa shape index (κ1) is 15.9. The zero-order valence-electron chi connectivity index (χ0n) is 10.7. The fourth-order valence-electron chi connectivity index (χ4n) is 1.26. The largest absolute Gasteiger partial charge is 0.491 e. The summed E-state index contributed by atoms with van der Waals surface area (Å²) in [5, 5.41) is 0. The summed E-state index contributed by atoms with van der Waals surface area (Å²) in [5.41, 5.74) is 0. The lowest BCUT2D eigenvalue weighted by Gasteiger charge is -2.07. The van der Waals surface area contributed by atoms with Gasteiger partial charge in [-0.05, 0) is 31.2 Å². The second kappa shape index (κ2) is 9.74. The molecule has 0 aliphatic rings. The zero-order chi connectivity index (χ0) is 13.9. The molecule has 1 rings (SSSR count). The van der Waals surface area contributed by atoms with Crippen LogP contribution in [0.5, 0.6) is 11.5 Å². The summed E-state index contributed by atoms with van der Waals surface area (Å²) >= 11 is -2.31. The van der Waals surface area contributed by atoms with E-state index in [1.54, 1.807) is 24.3 Å². The number of benzene rings is 1. The summed E-state index contributed by atoms with van der Waals surface area (Å²) in [6.45, 7) is 4.66. The lowest BCUT2D eigenvalue weighted by molar-refractivity contribution is 0.0405. The van der Waals surface area contributed by atoms with E-state index in [0.29, 0.717) is 44.5 Å². The maximum Gasteiger partial charge on any atom is 0.357 e. The Bertz CT molecular complexity index is 367. The molecule has 19 heavy (non-hydrogen) atoms. The molecule has 0 aliphatic heterocycles. The molecule has 0 saturated carbocycles. The molecule has 1 aromatic carbocycles. The summed E-state index contributed by atoms with van der Waals surface area (Å²) in [6.07, 6.45) is 0. The van der Waals surface area contributed by atoms with Gasteiger partial charge >= 0.3 is 11.4 Å². The molecule has 1 N–H and O–H groups in total. The monoisotopic (exact) mass is 290 g/mol. The number of rotatable bonds is 10. The van der Waals surface area contributed by atoms with Gasteiger partial charge in [0.25, 0.3) is 0 Å². The molecule has 0 aliphatic carbocycles. The third-order valence-electron chi connectivity index (χ3n) is 2.06. The van der Waals surface area contributed by atoms with E-state index in [1.165, 1.54) is 0 Å². The highest BCUT2D eigenvalue weighted by atomic mass is 32.2. The van der Waals surface area contributed by atoms with Crippen LogP contribution in [0.3, 0.4) is 0 Å². The van der Waals surface area contributed by atoms with Gasteiger partial charge in [-0.2, -0.15) is 4.21 Å². The van der Waals surface area contributed by atoms with Crippen molar-refractivity contribution in [2.45, 2.75) is 6.92 Å². The van der Waals surface area contributed by atoms with Crippen LogP contribution in [0.2, 0.25) is 0 Å². The fourth-order valence-corrected chi connectivity index (χ4v) is 1.53. The van der Waals surface area contributed by atoms with Gasteiger partial charge in [0.05, 0.1) is 19.8 Å². The highest BCUT2D eigenvalue weighted by Crippen LogP contribution is 2.17. The van der Waals surface area contributed by atoms with Crippen molar-refractivity contribution in [2.24, 2.45) is 0 Å². The average molecular weight is 290 g/mol. The van der Waals surface area contributed by atoms with E-state index in [0.717, 1.165) is 0 Å². The lowest BCUT2D eigenvalue weighted by Crippen LogP contribution is -2.10. The van der Waals surface area contributed by atoms with Crippen molar-refractivity contribution in [3.05, 3.63) is 24.3 Å². The van der Waals surface area contributed by atoms with Gasteiger partial charge in [-0.15, -0.1) is 0 Å². The van der Waals surface area contributed by atoms with Crippen LogP contribution in [-0.2, 0) is 20.8 Å². The van der Waals surface area contributed by atoms with Crippen molar-refractivity contribution in [3.63, 3.8) is 0 Å². The van der Waals surface area contributed by atoms with Crippen LogP contribution < -0.4 is 8.92 Å². The van der Waals surface area contributed by atoms with E-state index in [9.17, 15) is 4.21 Å². The summed E-state index contributed by atoms with van der Waals surface area (Å²) < 4.78 is 39.3. The summed E-state index contributed by atoms with van der Waals surface area (Å²) in [4.78, 5) is 0. The standard InChI is InChI=1S/C12H18O6S/c1-2-15-7-8-16-9-10-17-11-3-5-12(6-4-11)18-19(13)14/h3-6H,2,7-10H2,1H3,(H,13,14). The Morgan fingerprint density at radius 3 is 2.21 bits per heavy atom. The molecule has 108 valence electrons. The molecule has 6 nitrogen and oxygen atoms in total. The van der Waals surface area contributed by atoms with E-state index >= 15 is 0 Å². The number of ether oxygens (including phenoxy) is 3. The molecule has 0 amide bonds. The van der Waals surface area contributed by atoms with E-state index in [4.69, 9.17) is 18.8 Å². The van der Waals surface area contributed by atoms with E-state index < -0.39 is 11.4 Å². The van der Waals surface area contributed by atoms with E-state index in [1.807, 2.05) is 6.92 Å². The van der Waals surface area contributed by atoms with Crippen molar-refractivity contribution >= 4 is 11.4 Å². The van der Waals surface area contributed by atoms with Crippen LogP contribution in [0.1, 0.15) is 6.92 Å². The molecule has 0 bridgehead atoms. The smallest absolute Gasteiger partial charge is 0.357 e. The van der Waals surface area contributed by atoms with Gasteiger partial charge in [0.1, 0.15) is 18.1 Å². The van der Waals surface area contributed by atoms with Crippen LogP contribution in [-0.4, -0.2) is 41.8 Å². The Morgan fingerprint density at radius 2 is 1.58 bits per heavy atom. The minimum atomic E-state index is -2.31. The van der Waals surface area contributed by atoms with Gasteiger partial charge in [-0.25, -0.2) is 0 Å². The van der Waals surface area contributed by atoms with E-state index in [-0.39, 0.29) is 0 Å². The molecular weight excluding hydrogens is 272 g/mol. The summed E-state index contributed by atoms with van der Waals surface area (Å²) in [7, 11) is 0. The van der Waals surface area contributed by atoms with E-state index in [2.05, 4.69) is 4.18 Å². The van der Waals surface area contributed by atoms with Crippen LogP contribution >= 0.6 is 0 Å². The molecule has 1 aromatic rings. The minimum Gasteiger partial charge on any atom is -0.491 e. The summed E-state index contributed by atoms with van der Waals surface area (Å²) in [6, 6.07) is 6.42. The molecule has 1 atom stereocenters. The molecule has 1 unspecified atom stereocenters. The molecular formula is C12H18O6S. The second-order valence-corrected chi connectivity index (χ2v) is 4.03. The molecule has 7 heteroatoms. The van der Waals surface area contributed by atoms with Gasteiger partial charge in [-0.3, -0.25) is 4.55 Å². The Morgan fingerprint density at radius 1 is 1.00 bits per heavy atom. The molecule has 0 saturated heterocycles. The average Bonchev–Trinajstić information content (AvgIpc) is 2.39. The van der Waals surface area contributed by atoms with Crippen LogP contribution in [0.15, 0.2) is 24.3 Å². The normalized spacial score (nSPS) is 12.1. The third-order valence-corrected chi connectivity index (χ3v) is 2.40. The predicted octanol–water partition coefficient (Wildman–Crippen LogP) is 1.63. The maximum atomic E-state index is 10.4. The van der Waals surface area contributed by atoms with Crippen molar-refractivity contribution < 1.29 is 27.2 Å². The van der Waals surface area contributed by atoms with Gasteiger partial charge < -0.3 is 18.4 Å². The van der Waals surface area contributed by atoms with Crippen molar-refractivity contribution in [1.29, 1.82) is 0 Å². The van der Waals surface area contributed by atoms with Gasteiger partial charge in [0, 0.05) is 6.61 Å². The van der Waals surface area contributed by atoms with Gasteiger partial charge in [-0.1, -0.05) is 0 Å². The fraction of sp³-hybridized carbons (Fsp3) is 0.500. The summed E-state index contributed by atoms with van der Waals surface area (Å²) in [5.74, 6) is 0.950. The van der Waals surface area contributed by atoms with Gasteiger partial charge in [0.2, 0.25) is 0 Å². The quantitative estimate of drug-likeness (QED) is 0.521. The first-order valence-electron chi connectivity index (χ1n) is 5.90. The van der Waals surface area contributed by atoms with Gasteiger partial charge in [0.15, 0.2) is 0 Å². The Balaban J connectivity index is 2.14. The Hall–Kier alpha value is -1.15. The predicted molar refractivity (Wildman–Crippen MR) is 70.6 cm³/mol. The second-order valence-electron chi connectivity index (χ2n) is 3.43. The molecule has 0 spiro atoms. The first-order valence-corrected chi connectivity index (χ1v) is 6.93. The molecule has 0 radical (unpaired) electrons. The van der Waals surface area contributed by atoms with Crippen molar-refractivity contribution in [1.82, 2.24) is 0 Å².